The molecule has 1 aromatic carbocycles. The first-order chi connectivity index (χ1) is 9.95. The van der Waals surface area contributed by atoms with Crippen LogP contribution in [0.2, 0.25) is 0 Å². The molecule has 1 unspecified atom stereocenters. The highest BCUT2D eigenvalue weighted by molar-refractivity contribution is 9.10. The zero-order chi connectivity index (χ0) is 15.4. The van der Waals surface area contributed by atoms with Gasteiger partial charge in [-0.05, 0) is 34.1 Å². The van der Waals surface area contributed by atoms with Gasteiger partial charge in [0.15, 0.2) is 0 Å². The molecule has 0 aliphatic rings. The van der Waals surface area contributed by atoms with Crippen LogP contribution in [-0.4, -0.2) is 32.5 Å². The lowest BCUT2D eigenvalue weighted by molar-refractivity contribution is -0.385. The number of halogens is 2. The summed E-state index contributed by atoms with van der Waals surface area (Å²) in [4.78, 5) is 9.97. The van der Waals surface area contributed by atoms with Crippen LogP contribution >= 0.6 is 15.9 Å². The molecule has 9 heteroatoms. The van der Waals surface area contributed by atoms with Gasteiger partial charge in [0.05, 0.1) is 17.6 Å². The first-order valence-electron chi connectivity index (χ1n) is 5.99. The lowest BCUT2D eigenvalue weighted by Gasteiger charge is -2.13. The predicted octanol–water partition coefficient (Wildman–Crippen LogP) is 2.17. The average molecular weight is 359 g/mol. The highest BCUT2D eigenvalue weighted by Gasteiger charge is 2.12. The topological polar surface area (TPSA) is 93.2 Å². The first-order valence-corrected chi connectivity index (χ1v) is 6.79. The standard InChI is InChI=1S/C12H12BrFN4O3/c13-11-3-8(14)1-2-12(11)15-5-10(19)7-17-6-9(4-16-17)18(20)21/h1-4,6,10,15,19H,5,7H2. The Hall–Kier alpha value is -2.00. The summed E-state index contributed by atoms with van der Waals surface area (Å²) in [5.41, 5.74) is 0.512. The van der Waals surface area contributed by atoms with Gasteiger partial charge in [0.25, 0.3) is 0 Å². The molecule has 0 spiro atoms. The average Bonchev–Trinajstić information content (AvgIpc) is 2.86. The maximum absolute atomic E-state index is 12.9. The van der Waals surface area contributed by atoms with Crippen LogP contribution < -0.4 is 5.32 Å². The fraction of sp³-hybridized carbons (Fsp3) is 0.250. The van der Waals surface area contributed by atoms with Crippen molar-refractivity contribution in [1.82, 2.24) is 9.78 Å². The first kappa shape index (κ1) is 15.4. The number of nitrogens with one attached hydrogen (secondary N) is 1. The van der Waals surface area contributed by atoms with Crippen molar-refractivity contribution in [2.75, 3.05) is 11.9 Å². The van der Waals surface area contributed by atoms with E-state index in [4.69, 9.17) is 0 Å². The molecule has 2 aromatic rings. The van der Waals surface area contributed by atoms with Crippen LogP contribution in [0.1, 0.15) is 0 Å². The maximum Gasteiger partial charge on any atom is 0.306 e. The molecule has 0 saturated heterocycles. The smallest absolute Gasteiger partial charge is 0.306 e. The zero-order valence-electron chi connectivity index (χ0n) is 10.7. The molecule has 2 rings (SSSR count). The third-order valence-corrected chi connectivity index (χ3v) is 3.34. The summed E-state index contributed by atoms with van der Waals surface area (Å²) in [7, 11) is 0. The lowest BCUT2D eigenvalue weighted by atomic mass is 10.3. The number of nitro groups is 1. The van der Waals surface area contributed by atoms with Gasteiger partial charge in [-0.2, -0.15) is 5.10 Å². The number of hydrogen-bond acceptors (Lipinski definition) is 5. The molecule has 1 heterocycles. The van der Waals surface area contributed by atoms with Crippen LogP contribution in [0.4, 0.5) is 15.8 Å². The van der Waals surface area contributed by atoms with Crippen LogP contribution in [0.25, 0.3) is 0 Å². The normalized spacial score (nSPS) is 12.1. The summed E-state index contributed by atoms with van der Waals surface area (Å²) in [6.45, 7) is 0.303. The second kappa shape index (κ2) is 6.64. The second-order valence-corrected chi connectivity index (χ2v) is 5.19. The van der Waals surface area contributed by atoms with Gasteiger partial charge in [-0.1, -0.05) is 0 Å². The van der Waals surface area contributed by atoms with E-state index in [-0.39, 0.29) is 24.6 Å². The van der Waals surface area contributed by atoms with Gasteiger partial charge in [-0.15, -0.1) is 0 Å². The Balaban J connectivity index is 1.89. The number of aromatic nitrogens is 2. The number of hydrogen-bond donors (Lipinski definition) is 2. The molecule has 21 heavy (non-hydrogen) atoms. The van der Waals surface area contributed by atoms with E-state index in [1.54, 1.807) is 6.07 Å². The molecule has 0 aliphatic carbocycles. The fourth-order valence-electron chi connectivity index (χ4n) is 1.69. The van der Waals surface area contributed by atoms with Gasteiger partial charge in [-0.25, -0.2) is 4.39 Å². The minimum atomic E-state index is -0.804. The largest absolute Gasteiger partial charge is 0.389 e. The van der Waals surface area contributed by atoms with E-state index in [2.05, 4.69) is 26.3 Å². The van der Waals surface area contributed by atoms with Crippen LogP contribution in [0.5, 0.6) is 0 Å². The van der Waals surface area contributed by atoms with Gasteiger partial charge in [0.2, 0.25) is 0 Å². The number of aliphatic hydroxyl groups excluding tert-OH is 1. The van der Waals surface area contributed by atoms with E-state index >= 15 is 0 Å². The molecule has 7 nitrogen and oxygen atoms in total. The minimum Gasteiger partial charge on any atom is -0.389 e. The van der Waals surface area contributed by atoms with E-state index < -0.39 is 11.0 Å². The SMILES string of the molecule is O=[N+]([O-])c1cnn(CC(O)CNc2ccc(F)cc2Br)c1. The maximum atomic E-state index is 12.9. The molecule has 0 saturated carbocycles. The summed E-state index contributed by atoms with van der Waals surface area (Å²) in [6, 6.07) is 4.16. The zero-order valence-corrected chi connectivity index (χ0v) is 12.3. The van der Waals surface area contributed by atoms with Gasteiger partial charge in [0, 0.05) is 16.7 Å². The van der Waals surface area contributed by atoms with Gasteiger partial charge in [0.1, 0.15) is 18.2 Å². The molecule has 1 aromatic heterocycles. The quantitative estimate of drug-likeness (QED) is 0.609. The lowest BCUT2D eigenvalue weighted by Crippen LogP contribution is -2.25. The Morgan fingerprint density at radius 3 is 2.95 bits per heavy atom. The monoisotopic (exact) mass is 358 g/mol. The molecular weight excluding hydrogens is 347 g/mol. The number of anilines is 1. The van der Waals surface area contributed by atoms with Crippen molar-refractivity contribution in [1.29, 1.82) is 0 Å². The Labute approximate surface area is 127 Å². The Morgan fingerprint density at radius 2 is 2.33 bits per heavy atom. The van der Waals surface area contributed by atoms with Crippen molar-refractivity contribution in [3.8, 4) is 0 Å². The molecule has 0 aliphatic heterocycles. The molecule has 0 radical (unpaired) electrons. The van der Waals surface area contributed by atoms with Crippen LogP contribution in [-0.2, 0) is 6.54 Å². The minimum absolute atomic E-state index is 0.111. The third kappa shape index (κ3) is 4.23. The van der Waals surface area contributed by atoms with Crippen LogP contribution in [0.15, 0.2) is 35.1 Å². The third-order valence-electron chi connectivity index (χ3n) is 2.69. The second-order valence-electron chi connectivity index (χ2n) is 4.34. The number of aliphatic hydroxyl groups is 1. The van der Waals surface area contributed by atoms with Crippen molar-refractivity contribution >= 4 is 27.3 Å². The molecule has 2 N–H and O–H groups in total. The van der Waals surface area contributed by atoms with E-state index in [0.29, 0.717) is 10.2 Å². The molecular formula is C12H12BrFN4O3. The van der Waals surface area contributed by atoms with Crippen molar-refractivity contribution in [3.63, 3.8) is 0 Å². The molecule has 0 amide bonds. The van der Waals surface area contributed by atoms with Crippen LogP contribution in [0, 0.1) is 15.9 Å². The molecule has 0 bridgehead atoms. The van der Waals surface area contributed by atoms with E-state index in [1.807, 2.05) is 0 Å². The highest BCUT2D eigenvalue weighted by atomic mass is 79.9. The van der Waals surface area contributed by atoms with Crippen molar-refractivity contribution < 1.29 is 14.4 Å². The Bertz CT molecular complexity index is 649. The Kier molecular flexibility index (Phi) is 4.86. The van der Waals surface area contributed by atoms with E-state index in [0.717, 1.165) is 6.20 Å². The van der Waals surface area contributed by atoms with Gasteiger partial charge in [-0.3, -0.25) is 14.8 Å². The molecule has 0 fully saturated rings. The van der Waals surface area contributed by atoms with Crippen LogP contribution in [0.3, 0.4) is 0 Å². The fourth-order valence-corrected chi connectivity index (χ4v) is 2.18. The van der Waals surface area contributed by atoms with Crippen molar-refractivity contribution in [2.45, 2.75) is 12.6 Å². The van der Waals surface area contributed by atoms with Gasteiger partial charge < -0.3 is 10.4 Å². The number of nitrogens with zero attached hydrogens (tertiary/aromatic N) is 3. The highest BCUT2D eigenvalue weighted by Crippen LogP contribution is 2.22. The Morgan fingerprint density at radius 1 is 1.57 bits per heavy atom. The van der Waals surface area contributed by atoms with Crippen molar-refractivity contribution in [2.24, 2.45) is 0 Å². The molecule has 112 valence electrons. The van der Waals surface area contributed by atoms with E-state index in [9.17, 15) is 19.6 Å². The summed E-state index contributed by atoms with van der Waals surface area (Å²) in [5, 5.41) is 27.1. The number of rotatable bonds is 6. The van der Waals surface area contributed by atoms with Crippen molar-refractivity contribution in [3.05, 3.63) is 51.0 Å². The summed E-state index contributed by atoms with van der Waals surface area (Å²) in [6.07, 6.45) is 1.56. The van der Waals surface area contributed by atoms with Gasteiger partial charge >= 0.3 is 5.69 Å². The number of benzene rings is 1. The summed E-state index contributed by atoms with van der Waals surface area (Å²) in [5.74, 6) is -0.364. The predicted molar refractivity (Wildman–Crippen MR) is 77.5 cm³/mol. The molecule has 1 atom stereocenters. The summed E-state index contributed by atoms with van der Waals surface area (Å²) >= 11 is 3.21. The van der Waals surface area contributed by atoms with E-state index in [1.165, 1.54) is 23.0 Å². The summed E-state index contributed by atoms with van der Waals surface area (Å²) < 4.78 is 14.8.